The van der Waals surface area contributed by atoms with Gasteiger partial charge in [-0.15, -0.1) is 11.3 Å². The van der Waals surface area contributed by atoms with E-state index in [-0.39, 0.29) is 5.41 Å². The van der Waals surface area contributed by atoms with Gasteiger partial charge in [-0.25, -0.2) is 0 Å². The molecule has 0 spiro atoms. The molecule has 2 aromatic heterocycles. The van der Waals surface area contributed by atoms with Crippen molar-refractivity contribution in [3.05, 3.63) is 175 Å². The number of rotatable bonds is 4. The van der Waals surface area contributed by atoms with Crippen molar-refractivity contribution in [3.8, 4) is 22.3 Å². The summed E-state index contributed by atoms with van der Waals surface area (Å²) in [5.74, 6) is 0. The van der Waals surface area contributed by atoms with Gasteiger partial charge in [-0.05, 0) is 81.6 Å². The van der Waals surface area contributed by atoms with Crippen LogP contribution >= 0.6 is 11.3 Å². The lowest BCUT2D eigenvalue weighted by Crippen LogP contribution is -2.16. The zero-order valence-electron chi connectivity index (χ0n) is 28.9. The molecule has 0 amide bonds. The average Bonchev–Trinajstić information content (AvgIpc) is 3.83. The van der Waals surface area contributed by atoms with Crippen LogP contribution in [0.4, 0.5) is 17.1 Å². The van der Waals surface area contributed by atoms with E-state index in [2.05, 4.69) is 183 Å². The zero-order valence-corrected chi connectivity index (χ0v) is 29.7. The Bertz CT molecular complexity index is 3060. The summed E-state index contributed by atoms with van der Waals surface area (Å²) in [6.45, 7) is 4.70. The summed E-state index contributed by atoms with van der Waals surface area (Å²) in [6, 6.07) is 59.7. The number of benzene rings is 8. The van der Waals surface area contributed by atoms with Gasteiger partial charge in [0, 0.05) is 53.5 Å². The summed E-state index contributed by atoms with van der Waals surface area (Å²) in [5.41, 5.74) is 12.7. The molecule has 0 bridgehead atoms. The Hall–Kier alpha value is -6.16. The minimum Gasteiger partial charge on any atom is -0.455 e. The summed E-state index contributed by atoms with van der Waals surface area (Å²) < 4.78 is 9.64. The number of fused-ring (bicyclic) bond motifs is 10. The van der Waals surface area contributed by atoms with E-state index in [4.69, 9.17) is 4.42 Å². The summed E-state index contributed by atoms with van der Waals surface area (Å²) in [6.07, 6.45) is 0. The van der Waals surface area contributed by atoms with Crippen LogP contribution in [0.15, 0.2) is 168 Å². The number of anilines is 3. The fourth-order valence-corrected chi connectivity index (χ4v) is 10.1. The number of hydrogen-bond acceptors (Lipinski definition) is 3. The third kappa shape index (κ3) is 4.11. The van der Waals surface area contributed by atoms with E-state index in [0.717, 1.165) is 44.6 Å². The van der Waals surface area contributed by atoms with E-state index >= 15 is 0 Å². The molecular formula is C49H33NOS. The van der Waals surface area contributed by atoms with Crippen molar-refractivity contribution >= 4 is 81.3 Å². The lowest BCUT2D eigenvalue weighted by Gasteiger charge is -2.28. The van der Waals surface area contributed by atoms with Gasteiger partial charge in [0.15, 0.2) is 0 Å². The molecule has 0 saturated carbocycles. The molecule has 0 unspecified atom stereocenters. The van der Waals surface area contributed by atoms with Crippen molar-refractivity contribution in [2.24, 2.45) is 0 Å². The number of para-hydroxylation sites is 1. The fraction of sp³-hybridized carbons (Fsp3) is 0.0612. The maximum Gasteiger partial charge on any atom is 0.144 e. The molecule has 52 heavy (non-hydrogen) atoms. The molecule has 8 aromatic carbocycles. The number of furan rings is 1. The average molecular weight is 684 g/mol. The molecular weight excluding hydrogens is 651 g/mol. The standard InChI is InChI=1S/C49H33NOS/c1-49(2)40-22-10-8-18-34(40)35-27-26-32(29-41(35)49)50(31-15-4-3-5-16-31)42-23-13-24-43-46(42)39-28-30-14-6-7-17-33(30)45(47(39)51-43)38-21-12-20-37-36-19-9-11-25-44(36)52-48(37)38/h3-29H,1-2H3. The van der Waals surface area contributed by atoms with E-state index in [1.54, 1.807) is 0 Å². The molecule has 1 aliphatic rings. The Morgan fingerprint density at radius 3 is 2.13 bits per heavy atom. The SMILES string of the molecule is CC1(C)c2ccccc2-c2ccc(N(c3ccccc3)c3cccc4oc5c(-c6cccc7c6sc6ccccc67)c6ccccc6cc5c34)cc21. The van der Waals surface area contributed by atoms with Crippen LogP contribution in [0.2, 0.25) is 0 Å². The Morgan fingerprint density at radius 2 is 1.23 bits per heavy atom. The quantitative estimate of drug-likeness (QED) is 0.184. The fourth-order valence-electron chi connectivity index (χ4n) is 8.84. The molecule has 11 rings (SSSR count). The van der Waals surface area contributed by atoms with E-state index < -0.39 is 0 Å². The first-order valence-corrected chi connectivity index (χ1v) is 18.7. The molecule has 0 radical (unpaired) electrons. The maximum atomic E-state index is 7.06. The highest BCUT2D eigenvalue weighted by molar-refractivity contribution is 7.26. The highest BCUT2D eigenvalue weighted by Crippen LogP contribution is 2.52. The van der Waals surface area contributed by atoms with Gasteiger partial charge in [0.05, 0.1) is 11.1 Å². The van der Waals surface area contributed by atoms with Crippen LogP contribution in [0.25, 0.3) is 75.1 Å². The van der Waals surface area contributed by atoms with Crippen molar-refractivity contribution in [2.45, 2.75) is 19.3 Å². The Labute approximate surface area is 305 Å². The molecule has 3 heteroatoms. The zero-order chi connectivity index (χ0) is 34.6. The highest BCUT2D eigenvalue weighted by Gasteiger charge is 2.36. The molecule has 1 aliphatic carbocycles. The molecule has 0 aliphatic heterocycles. The first-order valence-electron chi connectivity index (χ1n) is 17.9. The van der Waals surface area contributed by atoms with Crippen molar-refractivity contribution in [1.82, 2.24) is 0 Å². The van der Waals surface area contributed by atoms with Gasteiger partial charge >= 0.3 is 0 Å². The first-order chi connectivity index (χ1) is 25.6. The maximum absolute atomic E-state index is 7.06. The molecule has 0 fully saturated rings. The van der Waals surface area contributed by atoms with Crippen molar-refractivity contribution in [3.63, 3.8) is 0 Å². The summed E-state index contributed by atoms with van der Waals surface area (Å²) >= 11 is 1.86. The van der Waals surface area contributed by atoms with E-state index in [1.165, 1.54) is 58.8 Å². The van der Waals surface area contributed by atoms with Crippen molar-refractivity contribution in [2.75, 3.05) is 4.90 Å². The van der Waals surface area contributed by atoms with Crippen LogP contribution in [-0.4, -0.2) is 0 Å². The summed E-state index contributed by atoms with van der Waals surface area (Å²) in [5, 5.41) is 7.21. The predicted octanol–water partition coefficient (Wildman–Crippen LogP) is 14.6. The lowest BCUT2D eigenvalue weighted by atomic mass is 9.82. The van der Waals surface area contributed by atoms with Gasteiger partial charge in [0.25, 0.3) is 0 Å². The second-order valence-corrected chi connectivity index (χ2v) is 15.5. The van der Waals surface area contributed by atoms with Crippen LogP contribution in [0, 0.1) is 0 Å². The Morgan fingerprint density at radius 1 is 0.519 bits per heavy atom. The van der Waals surface area contributed by atoms with E-state index in [1.807, 2.05) is 11.3 Å². The molecule has 246 valence electrons. The van der Waals surface area contributed by atoms with Gasteiger partial charge in [-0.2, -0.15) is 0 Å². The van der Waals surface area contributed by atoms with Gasteiger partial charge in [-0.3, -0.25) is 0 Å². The summed E-state index contributed by atoms with van der Waals surface area (Å²) in [7, 11) is 0. The highest BCUT2D eigenvalue weighted by atomic mass is 32.1. The van der Waals surface area contributed by atoms with E-state index in [0.29, 0.717) is 0 Å². The molecule has 0 N–H and O–H groups in total. The number of nitrogens with zero attached hydrogens (tertiary/aromatic N) is 1. The second kappa shape index (κ2) is 10.9. The monoisotopic (exact) mass is 683 g/mol. The predicted molar refractivity (Wildman–Crippen MR) is 222 cm³/mol. The number of hydrogen-bond donors (Lipinski definition) is 0. The van der Waals surface area contributed by atoms with Crippen LogP contribution in [0.5, 0.6) is 0 Å². The largest absolute Gasteiger partial charge is 0.455 e. The van der Waals surface area contributed by atoms with Crippen LogP contribution in [-0.2, 0) is 5.41 Å². The van der Waals surface area contributed by atoms with Crippen LogP contribution < -0.4 is 4.90 Å². The number of thiophene rings is 1. The lowest BCUT2D eigenvalue weighted by molar-refractivity contribution is 0.660. The smallest absolute Gasteiger partial charge is 0.144 e. The topological polar surface area (TPSA) is 16.4 Å². The Kier molecular flexibility index (Phi) is 6.21. The third-order valence-electron chi connectivity index (χ3n) is 11.2. The van der Waals surface area contributed by atoms with E-state index in [9.17, 15) is 0 Å². The molecule has 2 nitrogen and oxygen atoms in total. The van der Waals surface area contributed by atoms with Gasteiger partial charge in [0.2, 0.25) is 0 Å². The van der Waals surface area contributed by atoms with Crippen molar-refractivity contribution < 1.29 is 4.42 Å². The Balaban J connectivity index is 1.21. The normalized spacial score (nSPS) is 13.3. The molecule has 0 atom stereocenters. The van der Waals surface area contributed by atoms with Crippen molar-refractivity contribution in [1.29, 1.82) is 0 Å². The van der Waals surface area contributed by atoms with Crippen LogP contribution in [0.3, 0.4) is 0 Å². The van der Waals surface area contributed by atoms with Gasteiger partial charge < -0.3 is 9.32 Å². The minimum absolute atomic E-state index is 0.111. The first kappa shape index (κ1) is 29.6. The van der Waals surface area contributed by atoms with Gasteiger partial charge in [-0.1, -0.05) is 129 Å². The minimum atomic E-state index is -0.111. The third-order valence-corrected chi connectivity index (χ3v) is 12.5. The molecule has 0 saturated heterocycles. The summed E-state index contributed by atoms with van der Waals surface area (Å²) in [4.78, 5) is 2.41. The van der Waals surface area contributed by atoms with Gasteiger partial charge in [0.1, 0.15) is 11.2 Å². The molecule has 2 heterocycles. The molecule has 10 aromatic rings. The second-order valence-electron chi connectivity index (χ2n) is 14.5. The van der Waals surface area contributed by atoms with Crippen LogP contribution in [0.1, 0.15) is 25.0 Å².